The minimum atomic E-state index is -0.250. The van der Waals surface area contributed by atoms with Crippen molar-refractivity contribution >= 4 is 0 Å². The molecule has 0 aromatic carbocycles. The van der Waals surface area contributed by atoms with E-state index in [-0.39, 0.29) is 5.60 Å². The van der Waals surface area contributed by atoms with Crippen LogP contribution in [0, 0.1) is 0 Å². The molecule has 0 heterocycles. The second-order valence-electron chi connectivity index (χ2n) is 2.00. The van der Waals surface area contributed by atoms with Crippen LogP contribution in [0.2, 0.25) is 0 Å². The maximum Gasteiger partial charge on any atom is 0.0622 e. The highest BCUT2D eigenvalue weighted by molar-refractivity contribution is 4.87. The lowest BCUT2D eigenvalue weighted by Crippen LogP contribution is -1.94. The molecule has 7 heavy (non-hydrogen) atoms. The predicted molar refractivity (Wildman–Crippen MR) is 31.2 cm³/mol. The Hall–Kier alpha value is -0.0400. The minimum Gasteiger partial charge on any atom is -0.390 e. The average molecular weight is 102 g/mol. The van der Waals surface area contributed by atoms with Gasteiger partial charge in [0.25, 0.3) is 0 Å². The van der Waals surface area contributed by atoms with Crippen molar-refractivity contribution in [3.8, 4) is 0 Å². The van der Waals surface area contributed by atoms with Crippen molar-refractivity contribution in [3.05, 3.63) is 0 Å². The third kappa shape index (κ3) is 3.80. The molecule has 0 radical (unpaired) electrons. The minimum absolute atomic E-state index is 0.250. The zero-order valence-corrected chi connectivity index (χ0v) is 5.36. The van der Waals surface area contributed by atoms with Gasteiger partial charge in [0, 0.05) is 0 Å². The first-order chi connectivity index (χ1) is 3.21. The first-order valence-corrected chi connectivity index (χ1v) is 2.93. The molecule has 0 aliphatic heterocycles. The Morgan fingerprint density at radius 3 is 1.43 bits per heavy atom. The summed E-state index contributed by atoms with van der Waals surface area (Å²) >= 11 is 0. The molecule has 0 aromatic rings. The molecule has 0 amide bonds. The second kappa shape index (κ2) is 2.31. The monoisotopic (exact) mass is 102 g/mol. The standard InChI is InChI=1S/C4H8O.C2H6/c1-4(5)2-3-4;1-2/h5H,2-3H2,1H3;1-2H3. The van der Waals surface area contributed by atoms with E-state index >= 15 is 0 Å². The Morgan fingerprint density at radius 1 is 1.29 bits per heavy atom. The van der Waals surface area contributed by atoms with Gasteiger partial charge in [-0.15, -0.1) is 0 Å². The van der Waals surface area contributed by atoms with E-state index in [9.17, 15) is 0 Å². The van der Waals surface area contributed by atoms with E-state index in [4.69, 9.17) is 5.11 Å². The van der Waals surface area contributed by atoms with Crippen LogP contribution in [0.1, 0.15) is 33.6 Å². The van der Waals surface area contributed by atoms with E-state index in [1.807, 2.05) is 20.8 Å². The van der Waals surface area contributed by atoms with Gasteiger partial charge in [-0.05, 0) is 19.8 Å². The lowest BCUT2D eigenvalue weighted by atomic mass is 10.4. The van der Waals surface area contributed by atoms with Crippen molar-refractivity contribution in [2.45, 2.75) is 39.2 Å². The Balaban J connectivity index is 0.000000162. The summed E-state index contributed by atoms with van der Waals surface area (Å²) in [4.78, 5) is 0. The molecule has 0 unspecified atom stereocenters. The second-order valence-corrected chi connectivity index (χ2v) is 2.00. The van der Waals surface area contributed by atoms with Crippen LogP contribution in [-0.4, -0.2) is 10.7 Å². The molecule has 1 saturated carbocycles. The fourth-order valence-electron chi connectivity index (χ4n) is 0.181. The molecule has 1 heteroatoms. The SMILES string of the molecule is CC.CC1(O)CC1. The summed E-state index contributed by atoms with van der Waals surface area (Å²) in [5.74, 6) is 0. The van der Waals surface area contributed by atoms with Crippen molar-refractivity contribution in [2.75, 3.05) is 0 Å². The van der Waals surface area contributed by atoms with E-state index in [0.717, 1.165) is 12.8 Å². The number of hydrogen-bond donors (Lipinski definition) is 1. The maximum atomic E-state index is 8.63. The van der Waals surface area contributed by atoms with Gasteiger partial charge in [-0.2, -0.15) is 0 Å². The molecule has 44 valence electrons. The molecule has 1 rings (SSSR count). The van der Waals surface area contributed by atoms with Gasteiger partial charge in [0.15, 0.2) is 0 Å². The Bertz CT molecular complexity index is 42.1. The van der Waals surface area contributed by atoms with E-state index in [0.29, 0.717) is 0 Å². The van der Waals surface area contributed by atoms with Gasteiger partial charge in [-0.25, -0.2) is 0 Å². The topological polar surface area (TPSA) is 20.2 Å². The smallest absolute Gasteiger partial charge is 0.0622 e. The van der Waals surface area contributed by atoms with Gasteiger partial charge in [-0.1, -0.05) is 13.8 Å². The predicted octanol–water partition coefficient (Wildman–Crippen LogP) is 1.56. The molecule has 1 aliphatic rings. The maximum absolute atomic E-state index is 8.63. The van der Waals surface area contributed by atoms with Crippen molar-refractivity contribution < 1.29 is 5.11 Å². The molecule has 0 bridgehead atoms. The summed E-state index contributed by atoms with van der Waals surface area (Å²) in [5, 5.41) is 8.63. The average Bonchev–Trinajstić information content (AvgIpc) is 2.26. The fraction of sp³-hybridized carbons (Fsp3) is 1.00. The van der Waals surface area contributed by atoms with E-state index in [1.165, 1.54) is 0 Å². The first kappa shape index (κ1) is 6.96. The summed E-state index contributed by atoms with van der Waals surface area (Å²) in [7, 11) is 0. The van der Waals surface area contributed by atoms with Crippen LogP contribution in [0.4, 0.5) is 0 Å². The third-order valence-electron chi connectivity index (χ3n) is 0.974. The molecular weight excluding hydrogens is 88.1 g/mol. The molecule has 1 N–H and O–H groups in total. The van der Waals surface area contributed by atoms with Gasteiger partial charge >= 0.3 is 0 Å². The quantitative estimate of drug-likeness (QED) is 0.492. The zero-order chi connectivity index (χ0) is 5.91. The molecule has 0 spiro atoms. The summed E-state index contributed by atoms with van der Waals surface area (Å²) in [5.41, 5.74) is -0.250. The molecular formula is C6H14O. The number of aliphatic hydroxyl groups is 1. The van der Waals surface area contributed by atoms with E-state index in [2.05, 4.69) is 0 Å². The van der Waals surface area contributed by atoms with Gasteiger partial charge < -0.3 is 5.11 Å². The molecule has 0 atom stereocenters. The first-order valence-electron chi connectivity index (χ1n) is 2.93. The Kier molecular flexibility index (Phi) is 2.30. The van der Waals surface area contributed by atoms with E-state index < -0.39 is 0 Å². The summed E-state index contributed by atoms with van der Waals surface area (Å²) < 4.78 is 0. The van der Waals surface area contributed by atoms with Crippen molar-refractivity contribution in [1.29, 1.82) is 0 Å². The number of hydrogen-bond acceptors (Lipinski definition) is 1. The Morgan fingerprint density at radius 2 is 1.43 bits per heavy atom. The highest BCUT2D eigenvalue weighted by Gasteiger charge is 2.33. The van der Waals surface area contributed by atoms with Crippen LogP contribution in [0.25, 0.3) is 0 Å². The highest BCUT2D eigenvalue weighted by Crippen LogP contribution is 2.33. The lowest BCUT2D eigenvalue weighted by Gasteiger charge is -1.86. The Labute approximate surface area is 45.4 Å². The zero-order valence-electron chi connectivity index (χ0n) is 5.36. The third-order valence-corrected chi connectivity index (χ3v) is 0.974. The molecule has 1 fully saturated rings. The number of rotatable bonds is 0. The highest BCUT2D eigenvalue weighted by atomic mass is 16.3. The van der Waals surface area contributed by atoms with E-state index in [1.54, 1.807) is 0 Å². The van der Waals surface area contributed by atoms with Crippen LogP contribution in [0.5, 0.6) is 0 Å². The van der Waals surface area contributed by atoms with Gasteiger partial charge in [0.2, 0.25) is 0 Å². The molecule has 1 aliphatic carbocycles. The van der Waals surface area contributed by atoms with Crippen LogP contribution in [0.3, 0.4) is 0 Å². The fourth-order valence-corrected chi connectivity index (χ4v) is 0.181. The van der Waals surface area contributed by atoms with Crippen molar-refractivity contribution in [3.63, 3.8) is 0 Å². The van der Waals surface area contributed by atoms with Crippen LogP contribution in [0.15, 0.2) is 0 Å². The van der Waals surface area contributed by atoms with Crippen molar-refractivity contribution in [2.24, 2.45) is 0 Å². The molecule has 0 saturated heterocycles. The normalized spacial score (nSPS) is 22.3. The van der Waals surface area contributed by atoms with Crippen LogP contribution < -0.4 is 0 Å². The molecule has 1 nitrogen and oxygen atoms in total. The van der Waals surface area contributed by atoms with Gasteiger partial charge in [0.1, 0.15) is 0 Å². The van der Waals surface area contributed by atoms with Crippen LogP contribution >= 0.6 is 0 Å². The molecule has 0 aromatic heterocycles. The summed E-state index contributed by atoms with van der Waals surface area (Å²) in [6, 6.07) is 0. The van der Waals surface area contributed by atoms with Gasteiger partial charge in [0.05, 0.1) is 5.60 Å². The largest absolute Gasteiger partial charge is 0.390 e. The summed E-state index contributed by atoms with van der Waals surface area (Å²) in [6.45, 7) is 5.85. The van der Waals surface area contributed by atoms with Crippen molar-refractivity contribution in [1.82, 2.24) is 0 Å². The van der Waals surface area contributed by atoms with Crippen LogP contribution in [-0.2, 0) is 0 Å². The summed E-state index contributed by atoms with van der Waals surface area (Å²) in [6.07, 6.45) is 2.01. The van der Waals surface area contributed by atoms with Gasteiger partial charge in [-0.3, -0.25) is 0 Å². The lowest BCUT2D eigenvalue weighted by molar-refractivity contribution is 0.172.